The van der Waals surface area contributed by atoms with Crippen LogP contribution in [0.2, 0.25) is 5.02 Å². The van der Waals surface area contributed by atoms with Crippen LogP contribution >= 0.6 is 11.6 Å². The summed E-state index contributed by atoms with van der Waals surface area (Å²) in [6.45, 7) is 0.357. The third kappa shape index (κ3) is 4.64. The topological polar surface area (TPSA) is 47.6 Å². The Balaban J connectivity index is 1.85. The maximum atomic E-state index is 5.88. The summed E-state index contributed by atoms with van der Waals surface area (Å²) in [7, 11) is 0. The van der Waals surface area contributed by atoms with Crippen LogP contribution < -0.4 is 5.73 Å². The van der Waals surface area contributed by atoms with Gasteiger partial charge in [0.2, 0.25) is 0 Å². The van der Waals surface area contributed by atoms with Gasteiger partial charge < -0.3 is 10.6 Å². The maximum absolute atomic E-state index is 5.88. The second kappa shape index (κ2) is 6.81. The molecule has 0 aliphatic rings. The first kappa shape index (κ1) is 13.4. The monoisotopic (exact) mass is 274 g/mol. The Morgan fingerprint density at radius 1 is 1.05 bits per heavy atom. The number of halogens is 1. The van der Waals surface area contributed by atoms with Crippen molar-refractivity contribution in [3.63, 3.8) is 0 Å². The highest BCUT2D eigenvalue weighted by atomic mass is 35.5. The first-order valence-corrected chi connectivity index (χ1v) is 6.34. The van der Waals surface area contributed by atoms with E-state index in [1.54, 1.807) is 0 Å². The van der Waals surface area contributed by atoms with E-state index in [1.165, 1.54) is 0 Å². The third-order valence-corrected chi connectivity index (χ3v) is 2.77. The number of hydrogen-bond acceptors (Lipinski definition) is 2. The number of oxime groups is 1. The van der Waals surface area contributed by atoms with E-state index >= 15 is 0 Å². The number of hydrogen-bond donors (Lipinski definition) is 1. The molecule has 3 nitrogen and oxygen atoms in total. The fourth-order valence-corrected chi connectivity index (χ4v) is 1.87. The van der Waals surface area contributed by atoms with Crippen LogP contribution in [0.1, 0.15) is 11.1 Å². The summed E-state index contributed by atoms with van der Waals surface area (Å²) in [5.41, 5.74) is 7.87. The standard InChI is InChI=1S/C15H15ClN2O/c16-14-8-4-7-13(9-14)11-19-18-15(17)10-12-5-2-1-3-6-12/h1-9H,10-11H2,(H2,17,18). The van der Waals surface area contributed by atoms with Gasteiger partial charge in [-0.05, 0) is 23.3 Å². The van der Waals surface area contributed by atoms with Gasteiger partial charge in [-0.2, -0.15) is 0 Å². The molecule has 0 saturated heterocycles. The Morgan fingerprint density at radius 3 is 2.53 bits per heavy atom. The molecule has 0 saturated carbocycles. The van der Waals surface area contributed by atoms with Gasteiger partial charge in [-0.15, -0.1) is 0 Å². The SMILES string of the molecule is N/C(Cc1ccccc1)=N\OCc1cccc(Cl)c1. The molecular weight excluding hydrogens is 260 g/mol. The zero-order valence-electron chi connectivity index (χ0n) is 10.4. The van der Waals surface area contributed by atoms with E-state index in [4.69, 9.17) is 22.2 Å². The maximum Gasteiger partial charge on any atom is 0.143 e. The normalized spacial score (nSPS) is 11.3. The van der Waals surface area contributed by atoms with E-state index in [9.17, 15) is 0 Å². The van der Waals surface area contributed by atoms with Crippen molar-refractivity contribution in [2.45, 2.75) is 13.0 Å². The number of nitrogens with two attached hydrogens (primary N) is 1. The van der Waals surface area contributed by atoms with E-state index in [1.807, 2.05) is 54.6 Å². The van der Waals surface area contributed by atoms with E-state index in [0.29, 0.717) is 23.9 Å². The number of benzene rings is 2. The van der Waals surface area contributed by atoms with Gasteiger partial charge in [0.25, 0.3) is 0 Å². The predicted octanol–water partition coefficient (Wildman–Crippen LogP) is 3.37. The van der Waals surface area contributed by atoms with Crippen LogP contribution in [0.15, 0.2) is 59.8 Å². The molecule has 0 amide bonds. The minimum Gasteiger partial charge on any atom is -0.390 e. The molecule has 0 bridgehead atoms. The molecule has 4 heteroatoms. The minimum atomic E-state index is 0.357. The highest BCUT2D eigenvalue weighted by Gasteiger charge is 1.98. The first-order valence-electron chi connectivity index (χ1n) is 5.97. The molecule has 2 rings (SSSR count). The lowest BCUT2D eigenvalue weighted by atomic mass is 10.1. The molecule has 19 heavy (non-hydrogen) atoms. The lowest BCUT2D eigenvalue weighted by Gasteiger charge is -2.03. The second-order valence-electron chi connectivity index (χ2n) is 4.15. The Hall–Kier alpha value is -2.00. The van der Waals surface area contributed by atoms with Crippen LogP contribution in [-0.4, -0.2) is 5.84 Å². The second-order valence-corrected chi connectivity index (χ2v) is 4.58. The fourth-order valence-electron chi connectivity index (χ4n) is 1.65. The van der Waals surface area contributed by atoms with Gasteiger partial charge in [0.15, 0.2) is 0 Å². The molecule has 0 aliphatic heterocycles. The zero-order chi connectivity index (χ0) is 13.5. The first-order chi connectivity index (χ1) is 9.24. The zero-order valence-corrected chi connectivity index (χ0v) is 11.2. The van der Waals surface area contributed by atoms with Crippen molar-refractivity contribution in [1.82, 2.24) is 0 Å². The van der Waals surface area contributed by atoms with Crippen molar-refractivity contribution in [1.29, 1.82) is 0 Å². The van der Waals surface area contributed by atoms with Crippen LogP contribution in [0.3, 0.4) is 0 Å². The molecule has 98 valence electrons. The molecule has 0 spiro atoms. The molecule has 2 aromatic carbocycles. The molecular formula is C15H15ClN2O. The van der Waals surface area contributed by atoms with Crippen molar-refractivity contribution in [3.8, 4) is 0 Å². The van der Waals surface area contributed by atoms with E-state index < -0.39 is 0 Å². The summed E-state index contributed by atoms with van der Waals surface area (Å²) in [4.78, 5) is 5.21. The quantitative estimate of drug-likeness (QED) is 0.516. The Bertz CT molecular complexity index is 555. The molecule has 0 radical (unpaired) electrons. The lowest BCUT2D eigenvalue weighted by Crippen LogP contribution is -2.15. The molecule has 0 heterocycles. The third-order valence-electron chi connectivity index (χ3n) is 2.53. The summed E-state index contributed by atoms with van der Waals surface area (Å²) in [6.07, 6.45) is 0.580. The number of rotatable bonds is 5. The largest absolute Gasteiger partial charge is 0.390 e. The molecule has 0 aliphatic carbocycles. The average molecular weight is 275 g/mol. The molecule has 0 atom stereocenters. The minimum absolute atomic E-state index is 0.357. The highest BCUT2D eigenvalue weighted by molar-refractivity contribution is 6.30. The van der Waals surface area contributed by atoms with E-state index in [0.717, 1.165) is 11.1 Å². The van der Waals surface area contributed by atoms with Gasteiger partial charge in [0.05, 0.1) is 0 Å². The molecule has 2 aromatic rings. The van der Waals surface area contributed by atoms with E-state index in [2.05, 4.69) is 5.16 Å². The van der Waals surface area contributed by atoms with Crippen molar-refractivity contribution < 1.29 is 4.84 Å². The smallest absolute Gasteiger partial charge is 0.143 e. The van der Waals surface area contributed by atoms with E-state index in [-0.39, 0.29) is 0 Å². The summed E-state index contributed by atoms with van der Waals surface area (Å²) < 4.78 is 0. The summed E-state index contributed by atoms with van der Waals surface area (Å²) >= 11 is 5.88. The van der Waals surface area contributed by atoms with Gasteiger partial charge in [-0.3, -0.25) is 0 Å². The summed E-state index contributed by atoms with van der Waals surface area (Å²) in [6, 6.07) is 17.4. The van der Waals surface area contributed by atoms with Gasteiger partial charge in [-0.1, -0.05) is 59.2 Å². The lowest BCUT2D eigenvalue weighted by molar-refractivity contribution is 0.129. The van der Waals surface area contributed by atoms with Crippen LogP contribution in [0.4, 0.5) is 0 Å². The average Bonchev–Trinajstić information content (AvgIpc) is 2.40. The Morgan fingerprint density at radius 2 is 1.79 bits per heavy atom. The molecule has 0 fully saturated rings. The van der Waals surface area contributed by atoms with Crippen LogP contribution in [0.5, 0.6) is 0 Å². The number of amidine groups is 1. The Labute approximate surface area is 117 Å². The van der Waals surface area contributed by atoms with Crippen molar-refractivity contribution in [2.75, 3.05) is 0 Å². The van der Waals surface area contributed by atoms with Crippen LogP contribution in [0, 0.1) is 0 Å². The van der Waals surface area contributed by atoms with Crippen molar-refractivity contribution in [2.24, 2.45) is 10.9 Å². The van der Waals surface area contributed by atoms with Crippen LogP contribution in [0.25, 0.3) is 0 Å². The predicted molar refractivity (Wildman–Crippen MR) is 78.0 cm³/mol. The molecule has 0 aromatic heterocycles. The van der Waals surface area contributed by atoms with Gasteiger partial charge >= 0.3 is 0 Å². The van der Waals surface area contributed by atoms with Gasteiger partial charge in [0, 0.05) is 11.4 Å². The summed E-state index contributed by atoms with van der Waals surface area (Å²) in [5, 5.41) is 4.58. The van der Waals surface area contributed by atoms with Crippen LogP contribution in [-0.2, 0) is 17.9 Å². The fraction of sp³-hybridized carbons (Fsp3) is 0.133. The van der Waals surface area contributed by atoms with Gasteiger partial charge in [0.1, 0.15) is 12.4 Å². The van der Waals surface area contributed by atoms with Gasteiger partial charge in [-0.25, -0.2) is 0 Å². The molecule has 0 unspecified atom stereocenters. The Kier molecular flexibility index (Phi) is 4.81. The van der Waals surface area contributed by atoms with Crippen molar-refractivity contribution >= 4 is 17.4 Å². The summed E-state index contributed by atoms with van der Waals surface area (Å²) in [5.74, 6) is 0.452. The van der Waals surface area contributed by atoms with Crippen molar-refractivity contribution in [3.05, 3.63) is 70.7 Å². The molecule has 2 N–H and O–H groups in total. The number of nitrogens with zero attached hydrogens (tertiary/aromatic N) is 1. The highest BCUT2D eigenvalue weighted by Crippen LogP contribution is 2.11.